The second kappa shape index (κ2) is 9.38. The molecular formula is C33H31NO. The molecule has 1 N–H and O–H groups in total. The lowest BCUT2D eigenvalue weighted by molar-refractivity contribution is 0.476. The summed E-state index contributed by atoms with van der Waals surface area (Å²) >= 11 is 0. The predicted molar refractivity (Wildman–Crippen MR) is 150 cm³/mol. The minimum absolute atomic E-state index is 0.255. The van der Waals surface area contributed by atoms with Gasteiger partial charge in [0.15, 0.2) is 0 Å². The highest BCUT2D eigenvalue weighted by molar-refractivity contribution is 6.14. The Hall–Kier alpha value is -3.91. The molecule has 2 heteroatoms. The van der Waals surface area contributed by atoms with Crippen LogP contribution in [-0.4, -0.2) is 11.3 Å². The highest BCUT2D eigenvalue weighted by Crippen LogP contribution is 2.41. The van der Waals surface area contributed by atoms with Crippen LogP contribution in [0.1, 0.15) is 56.2 Å². The fraction of sp³-hybridized carbons (Fsp3) is 0.182. The van der Waals surface area contributed by atoms with Gasteiger partial charge in [0.25, 0.3) is 0 Å². The number of nitrogens with zero attached hydrogens (tertiary/aromatic N) is 1. The highest BCUT2D eigenvalue weighted by Gasteiger charge is 2.16. The van der Waals surface area contributed by atoms with E-state index >= 15 is 0 Å². The van der Waals surface area contributed by atoms with E-state index in [9.17, 15) is 5.11 Å². The van der Waals surface area contributed by atoms with Gasteiger partial charge in [0, 0.05) is 22.9 Å². The van der Waals surface area contributed by atoms with E-state index in [1.807, 2.05) is 24.4 Å². The summed E-state index contributed by atoms with van der Waals surface area (Å²) in [7, 11) is 0. The lowest BCUT2D eigenvalue weighted by Crippen LogP contribution is -1.96. The molecule has 0 aliphatic rings. The van der Waals surface area contributed by atoms with Crippen molar-refractivity contribution in [3.63, 3.8) is 0 Å². The van der Waals surface area contributed by atoms with E-state index in [1.54, 1.807) is 0 Å². The monoisotopic (exact) mass is 457 g/mol. The van der Waals surface area contributed by atoms with Crippen LogP contribution in [0.25, 0.3) is 32.7 Å². The standard InChI is InChI=1S/C33H31NO/c1-21(2)26-16-10-17-27(22(3)4)32(26)34-20-25-13-9-18-30(33(25)35)31-28-14-7-5-11-23(28)19-24-12-6-8-15-29(24)31/h5-22,35H,1-4H3. The number of aliphatic imine (C=N–C) groups is 1. The molecule has 35 heavy (non-hydrogen) atoms. The van der Waals surface area contributed by atoms with Crippen molar-refractivity contribution in [3.8, 4) is 16.9 Å². The van der Waals surface area contributed by atoms with Gasteiger partial charge in [-0.15, -0.1) is 0 Å². The zero-order valence-electron chi connectivity index (χ0n) is 20.8. The van der Waals surface area contributed by atoms with E-state index < -0.39 is 0 Å². The van der Waals surface area contributed by atoms with Crippen LogP contribution in [0.5, 0.6) is 5.75 Å². The van der Waals surface area contributed by atoms with Gasteiger partial charge in [-0.1, -0.05) is 107 Å². The summed E-state index contributed by atoms with van der Waals surface area (Å²) in [6, 6.07) is 31.3. The minimum Gasteiger partial charge on any atom is -0.507 e. The molecule has 5 rings (SSSR count). The first-order valence-corrected chi connectivity index (χ1v) is 12.4. The molecule has 0 fully saturated rings. The molecule has 0 aliphatic heterocycles. The van der Waals surface area contributed by atoms with Gasteiger partial charge in [0.1, 0.15) is 5.75 Å². The number of hydrogen-bond donors (Lipinski definition) is 1. The van der Waals surface area contributed by atoms with Gasteiger partial charge >= 0.3 is 0 Å². The third-order valence-electron chi connectivity index (χ3n) is 6.78. The summed E-state index contributed by atoms with van der Waals surface area (Å²) in [6.07, 6.45) is 1.82. The Morgan fingerprint density at radius 3 is 1.77 bits per heavy atom. The van der Waals surface area contributed by atoms with Crippen LogP contribution in [0.3, 0.4) is 0 Å². The van der Waals surface area contributed by atoms with Gasteiger partial charge in [-0.25, -0.2) is 0 Å². The maximum Gasteiger partial charge on any atom is 0.132 e. The lowest BCUT2D eigenvalue weighted by Gasteiger charge is -2.16. The van der Waals surface area contributed by atoms with E-state index in [2.05, 4.69) is 100 Å². The van der Waals surface area contributed by atoms with Crippen molar-refractivity contribution in [2.75, 3.05) is 0 Å². The van der Waals surface area contributed by atoms with E-state index in [0.29, 0.717) is 17.4 Å². The second-order valence-electron chi connectivity index (χ2n) is 9.79. The molecule has 0 atom stereocenters. The molecule has 174 valence electrons. The fourth-order valence-electron chi connectivity index (χ4n) is 4.97. The van der Waals surface area contributed by atoms with E-state index in [1.165, 1.54) is 11.1 Å². The number of fused-ring (bicyclic) bond motifs is 2. The first-order valence-electron chi connectivity index (χ1n) is 12.4. The maximum atomic E-state index is 11.5. The van der Waals surface area contributed by atoms with Crippen LogP contribution in [0.2, 0.25) is 0 Å². The van der Waals surface area contributed by atoms with Crippen molar-refractivity contribution in [2.24, 2.45) is 4.99 Å². The van der Waals surface area contributed by atoms with Crippen LogP contribution in [0.4, 0.5) is 5.69 Å². The fourth-order valence-corrected chi connectivity index (χ4v) is 4.97. The Bertz CT molecular complexity index is 1480. The highest BCUT2D eigenvalue weighted by atomic mass is 16.3. The van der Waals surface area contributed by atoms with Crippen LogP contribution in [0, 0.1) is 0 Å². The summed E-state index contributed by atoms with van der Waals surface area (Å²) in [4.78, 5) is 4.95. The quantitative estimate of drug-likeness (QED) is 0.207. The zero-order chi connectivity index (χ0) is 24.5. The summed E-state index contributed by atoms with van der Waals surface area (Å²) in [6.45, 7) is 8.79. The molecule has 0 aromatic heterocycles. The Labute approximate surface area is 207 Å². The topological polar surface area (TPSA) is 32.6 Å². The van der Waals surface area contributed by atoms with Crippen molar-refractivity contribution in [1.29, 1.82) is 0 Å². The third kappa shape index (κ3) is 4.21. The smallest absolute Gasteiger partial charge is 0.132 e. The van der Waals surface area contributed by atoms with Crippen LogP contribution < -0.4 is 0 Å². The van der Waals surface area contributed by atoms with Crippen LogP contribution >= 0.6 is 0 Å². The third-order valence-corrected chi connectivity index (χ3v) is 6.78. The molecule has 0 spiro atoms. The average Bonchev–Trinajstić information content (AvgIpc) is 2.86. The molecule has 0 aliphatic carbocycles. The second-order valence-corrected chi connectivity index (χ2v) is 9.79. The summed E-state index contributed by atoms with van der Waals surface area (Å²) in [5.41, 5.74) is 6.05. The minimum atomic E-state index is 0.255. The molecule has 5 aromatic carbocycles. The number of para-hydroxylation sites is 2. The van der Waals surface area contributed by atoms with Crippen molar-refractivity contribution in [3.05, 3.63) is 108 Å². The Kier molecular flexibility index (Phi) is 6.13. The van der Waals surface area contributed by atoms with Crippen molar-refractivity contribution in [2.45, 2.75) is 39.5 Å². The van der Waals surface area contributed by atoms with E-state index in [4.69, 9.17) is 4.99 Å². The van der Waals surface area contributed by atoms with Gasteiger partial charge in [-0.3, -0.25) is 4.99 Å². The SMILES string of the molecule is CC(C)c1cccc(C(C)C)c1N=Cc1cccc(-c2c3ccccc3cc3ccccc23)c1O. The zero-order valence-corrected chi connectivity index (χ0v) is 20.8. The summed E-state index contributed by atoms with van der Waals surface area (Å²) in [5.74, 6) is 0.983. The number of rotatable bonds is 5. The average molecular weight is 458 g/mol. The summed E-state index contributed by atoms with van der Waals surface area (Å²) in [5, 5.41) is 16.1. The van der Waals surface area contributed by atoms with Crippen LogP contribution in [-0.2, 0) is 0 Å². The number of benzene rings is 5. The number of hydrogen-bond acceptors (Lipinski definition) is 2. The Morgan fingerprint density at radius 1 is 0.657 bits per heavy atom. The molecule has 0 heterocycles. The molecule has 5 aromatic rings. The molecule has 0 unspecified atom stereocenters. The molecule has 0 saturated carbocycles. The van der Waals surface area contributed by atoms with Gasteiger partial charge in [-0.2, -0.15) is 0 Å². The first-order chi connectivity index (χ1) is 17.0. The Morgan fingerprint density at radius 2 is 1.20 bits per heavy atom. The lowest BCUT2D eigenvalue weighted by atomic mass is 9.90. The largest absolute Gasteiger partial charge is 0.507 e. The van der Waals surface area contributed by atoms with Gasteiger partial charge < -0.3 is 5.11 Å². The molecule has 0 bridgehead atoms. The van der Waals surface area contributed by atoms with Crippen LogP contribution in [0.15, 0.2) is 96.0 Å². The summed E-state index contributed by atoms with van der Waals surface area (Å²) < 4.78 is 0. The molecule has 0 amide bonds. The predicted octanol–water partition coefficient (Wildman–Crippen LogP) is 9.36. The van der Waals surface area contributed by atoms with Gasteiger partial charge in [0.2, 0.25) is 0 Å². The van der Waals surface area contributed by atoms with Gasteiger partial charge in [0.05, 0.1) is 5.69 Å². The van der Waals surface area contributed by atoms with Crippen molar-refractivity contribution >= 4 is 33.4 Å². The van der Waals surface area contributed by atoms with E-state index in [-0.39, 0.29) is 5.75 Å². The van der Waals surface area contributed by atoms with Gasteiger partial charge in [-0.05, 0) is 56.6 Å². The first kappa shape index (κ1) is 22.9. The number of phenols is 1. The molecule has 0 saturated heterocycles. The molecular weight excluding hydrogens is 426 g/mol. The Balaban J connectivity index is 1.70. The molecule has 0 radical (unpaired) electrons. The van der Waals surface area contributed by atoms with Crippen molar-refractivity contribution < 1.29 is 5.11 Å². The normalized spacial score (nSPS) is 11.9. The number of phenolic OH excluding ortho intramolecular Hbond substituents is 1. The van der Waals surface area contributed by atoms with Crippen molar-refractivity contribution in [1.82, 2.24) is 0 Å². The van der Waals surface area contributed by atoms with E-state index in [0.717, 1.165) is 38.4 Å². The molecule has 2 nitrogen and oxygen atoms in total. The maximum absolute atomic E-state index is 11.5. The number of aromatic hydroxyl groups is 1.